The van der Waals surface area contributed by atoms with E-state index in [-0.39, 0.29) is 18.2 Å². The van der Waals surface area contributed by atoms with Crippen molar-refractivity contribution < 1.29 is 19.1 Å². The summed E-state index contributed by atoms with van der Waals surface area (Å²) in [5, 5.41) is 3.10. The van der Waals surface area contributed by atoms with Gasteiger partial charge in [-0.15, -0.1) is 0 Å². The molecule has 0 aromatic heterocycles. The van der Waals surface area contributed by atoms with E-state index in [0.717, 1.165) is 5.69 Å². The van der Waals surface area contributed by atoms with Gasteiger partial charge in [0.05, 0.1) is 26.3 Å². The van der Waals surface area contributed by atoms with Crippen LogP contribution in [0.2, 0.25) is 0 Å². The molecular weight excluding hydrogens is 308 g/mol. The fourth-order valence-corrected chi connectivity index (χ4v) is 2.72. The van der Waals surface area contributed by atoms with Crippen LogP contribution in [0.5, 0.6) is 11.5 Å². The van der Waals surface area contributed by atoms with Gasteiger partial charge in [0.15, 0.2) is 11.5 Å². The average Bonchev–Trinajstić information content (AvgIpc) is 2.89. The molecular formula is C18H18N2O4. The lowest BCUT2D eigenvalue weighted by atomic mass is 10.2. The maximum absolute atomic E-state index is 12.6. The Labute approximate surface area is 140 Å². The monoisotopic (exact) mass is 326 g/mol. The highest BCUT2D eigenvalue weighted by Gasteiger charge is 2.39. The zero-order valence-electron chi connectivity index (χ0n) is 13.5. The second-order valence-electron chi connectivity index (χ2n) is 5.37. The van der Waals surface area contributed by atoms with E-state index in [2.05, 4.69) is 5.32 Å². The Hall–Kier alpha value is -3.02. The quantitative estimate of drug-likeness (QED) is 0.855. The van der Waals surface area contributed by atoms with Crippen LogP contribution >= 0.6 is 0 Å². The van der Waals surface area contributed by atoms with Gasteiger partial charge < -0.3 is 14.8 Å². The molecule has 1 saturated heterocycles. The van der Waals surface area contributed by atoms with Crippen molar-refractivity contribution >= 4 is 23.2 Å². The zero-order valence-corrected chi connectivity index (χ0v) is 13.5. The number of ether oxygens (including phenoxy) is 2. The van der Waals surface area contributed by atoms with E-state index in [0.29, 0.717) is 17.2 Å². The molecule has 1 atom stereocenters. The summed E-state index contributed by atoms with van der Waals surface area (Å²) in [5.74, 6) is 0.478. The molecule has 0 radical (unpaired) electrons. The van der Waals surface area contributed by atoms with Crippen molar-refractivity contribution in [1.29, 1.82) is 0 Å². The largest absolute Gasteiger partial charge is 0.493 e. The predicted molar refractivity (Wildman–Crippen MR) is 90.5 cm³/mol. The number of imide groups is 1. The van der Waals surface area contributed by atoms with Gasteiger partial charge in [0, 0.05) is 11.8 Å². The molecule has 1 unspecified atom stereocenters. The van der Waals surface area contributed by atoms with E-state index in [1.54, 1.807) is 18.2 Å². The summed E-state index contributed by atoms with van der Waals surface area (Å²) in [5.41, 5.74) is 1.28. The lowest BCUT2D eigenvalue weighted by Crippen LogP contribution is -2.34. The fraction of sp³-hybridized carbons (Fsp3) is 0.222. The maximum Gasteiger partial charge on any atom is 0.256 e. The lowest BCUT2D eigenvalue weighted by molar-refractivity contribution is -0.121. The SMILES string of the molecule is COc1ccc(N2C(=O)CC(Nc3ccccc3)C2=O)cc1OC. The summed E-state index contributed by atoms with van der Waals surface area (Å²) in [6.45, 7) is 0. The third kappa shape index (κ3) is 2.90. The van der Waals surface area contributed by atoms with Crippen molar-refractivity contribution in [2.45, 2.75) is 12.5 Å². The summed E-state index contributed by atoms with van der Waals surface area (Å²) < 4.78 is 10.4. The molecule has 1 fully saturated rings. The number of methoxy groups -OCH3 is 2. The number of nitrogens with zero attached hydrogens (tertiary/aromatic N) is 1. The Morgan fingerprint density at radius 1 is 1.00 bits per heavy atom. The van der Waals surface area contributed by atoms with E-state index in [9.17, 15) is 9.59 Å². The van der Waals surface area contributed by atoms with Gasteiger partial charge in [-0.3, -0.25) is 9.59 Å². The minimum absolute atomic E-state index is 0.113. The Morgan fingerprint density at radius 3 is 2.38 bits per heavy atom. The summed E-state index contributed by atoms with van der Waals surface area (Å²) in [4.78, 5) is 26.2. The highest BCUT2D eigenvalue weighted by molar-refractivity contribution is 6.23. The van der Waals surface area contributed by atoms with Gasteiger partial charge in [-0.05, 0) is 24.3 Å². The molecule has 2 amide bonds. The Kier molecular flexibility index (Phi) is 4.37. The molecule has 6 heteroatoms. The minimum Gasteiger partial charge on any atom is -0.493 e. The van der Waals surface area contributed by atoms with Crippen LogP contribution in [-0.4, -0.2) is 32.1 Å². The maximum atomic E-state index is 12.6. The van der Waals surface area contributed by atoms with Crippen LogP contribution < -0.4 is 19.7 Å². The molecule has 2 aromatic carbocycles. The number of rotatable bonds is 5. The third-order valence-electron chi connectivity index (χ3n) is 3.89. The van der Waals surface area contributed by atoms with Crippen LogP contribution in [-0.2, 0) is 9.59 Å². The molecule has 6 nitrogen and oxygen atoms in total. The topological polar surface area (TPSA) is 67.9 Å². The summed E-state index contributed by atoms with van der Waals surface area (Å²) in [6.07, 6.45) is 0.113. The molecule has 1 aliphatic rings. The van der Waals surface area contributed by atoms with Crippen LogP contribution in [0.4, 0.5) is 11.4 Å². The molecule has 0 aliphatic carbocycles. The molecule has 0 bridgehead atoms. The number of carbonyl (C=O) groups is 2. The van der Waals surface area contributed by atoms with E-state index in [4.69, 9.17) is 9.47 Å². The number of benzene rings is 2. The van der Waals surface area contributed by atoms with Crippen molar-refractivity contribution in [2.75, 3.05) is 24.4 Å². The number of amides is 2. The van der Waals surface area contributed by atoms with Crippen molar-refractivity contribution in [3.63, 3.8) is 0 Å². The fourth-order valence-electron chi connectivity index (χ4n) is 2.72. The van der Waals surface area contributed by atoms with Crippen LogP contribution in [0.3, 0.4) is 0 Å². The molecule has 124 valence electrons. The van der Waals surface area contributed by atoms with Crippen LogP contribution in [0, 0.1) is 0 Å². The zero-order chi connectivity index (χ0) is 17.1. The molecule has 24 heavy (non-hydrogen) atoms. The van der Waals surface area contributed by atoms with Gasteiger partial charge in [-0.2, -0.15) is 0 Å². The Bertz CT molecular complexity index is 761. The molecule has 1 aliphatic heterocycles. The van der Waals surface area contributed by atoms with Crippen LogP contribution in [0.25, 0.3) is 0 Å². The highest BCUT2D eigenvalue weighted by atomic mass is 16.5. The lowest BCUT2D eigenvalue weighted by Gasteiger charge is -2.17. The van der Waals surface area contributed by atoms with Gasteiger partial charge in [-0.1, -0.05) is 18.2 Å². The summed E-state index contributed by atoms with van der Waals surface area (Å²) >= 11 is 0. The van der Waals surface area contributed by atoms with E-state index in [1.807, 2.05) is 30.3 Å². The van der Waals surface area contributed by atoms with Crippen molar-refractivity contribution in [2.24, 2.45) is 0 Å². The molecule has 3 rings (SSSR count). The number of nitrogens with one attached hydrogen (secondary N) is 1. The second-order valence-corrected chi connectivity index (χ2v) is 5.37. The summed E-state index contributed by atoms with van der Waals surface area (Å²) in [6, 6.07) is 13.7. The van der Waals surface area contributed by atoms with Gasteiger partial charge in [0.1, 0.15) is 6.04 Å². The first kappa shape index (κ1) is 15.9. The van der Waals surface area contributed by atoms with Crippen molar-refractivity contribution in [3.8, 4) is 11.5 Å². The molecule has 1 heterocycles. The average molecular weight is 326 g/mol. The standard InChI is InChI=1S/C18H18N2O4/c1-23-15-9-8-13(10-16(15)24-2)20-17(21)11-14(18(20)22)19-12-6-4-3-5-7-12/h3-10,14,19H,11H2,1-2H3. The smallest absolute Gasteiger partial charge is 0.256 e. The van der Waals surface area contributed by atoms with Gasteiger partial charge in [0.25, 0.3) is 5.91 Å². The normalized spacial score (nSPS) is 17.1. The van der Waals surface area contributed by atoms with Gasteiger partial charge in [0.2, 0.25) is 5.91 Å². The summed E-state index contributed by atoms with van der Waals surface area (Å²) in [7, 11) is 3.04. The number of anilines is 2. The van der Waals surface area contributed by atoms with E-state index in [1.165, 1.54) is 19.1 Å². The first-order chi connectivity index (χ1) is 11.6. The van der Waals surface area contributed by atoms with Crippen LogP contribution in [0.15, 0.2) is 48.5 Å². The number of hydrogen-bond donors (Lipinski definition) is 1. The van der Waals surface area contributed by atoms with Crippen molar-refractivity contribution in [1.82, 2.24) is 0 Å². The van der Waals surface area contributed by atoms with Crippen molar-refractivity contribution in [3.05, 3.63) is 48.5 Å². The van der Waals surface area contributed by atoms with Gasteiger partial charge in [-0.25, -0.2) is 4.90 Å². The minimum atomic E-state index is -0.576. The number of para-hydroxylation sites is 1. The Morgan fingerprint density at radius 2 is 1.71 bits per heavy atom. The molecule has 0 spiro atoms. The number of carbonyl (C=O) groups excluding carboxylic acids is 2. The van der Waals surface area contributed by atoms with Crippen LogP contribution in [0.1, 0.15) is 6.42 Å². The molecule has 0 saturated carbocycles. The molecule has 2 aromatic rings. The first-order valence-corrected chi connectivity index (χ1v) is 7.54. The van der Waals surface area contributed by atoms with E-state index < -0.39 is 6.04 Å². The predicted octanol–water partition coefficient (Wildman–Crippen LogP) is 2.45. The third-order valence-corrected chi connectivity index (χ3v) is 3.89. The highest BCUT2D eigenvalue weighted by Crippen LogP contribution is 2.33. The Balaban J connectivity index is 1.84. The first-order valence-electron chi connectivity index (χ1n) is 7.54. The van der Waals surface area contributed by atoms with E-state index >= 15 is 0 Å². The van der Waals surface area contributed by atoms with Gasteiger partial charge >= 0.3 is 0 Å². The number of hydrogen-bond acceptors (Lipinski definition) is 5. The molecule has 1 N–H and O–H groups in total. The second kappa shape index (κ2) is 6.62.